The number of ether oxygens (including phenoxy) is 1. The number of benzene rings is 2. The van der Waals surface area contributed by atoms with Gasteiger partial charge in [-0.25, -0.2) is 0 Å². The van der Waals surface area contributed by atoms with Crippen LogP contribution in [0.15, 0.2) is 42.5 Å². The minimum absolute atomic E-state index is 0.0724. The van der Waals surface area contributed by atoms with E-state index < -0.39 is 0 Å². The molecular weight excluding hydrogens is 376 g/mol. The number of amides is 1. The Morgan fingerprint density at radius 2 is 2.03 bits per heavy atom. The van der Waals surface area contributed by atoms with Crippen LogP contribution in [0.1, 0.15) is 40.7 Å². The predicted molar refractivity (Wildman–Crippen MR) is 119 cm³/mol. The molecule has 1 saturated heterocycles. The van der Waals surface area contributed by atoms with E-state index in [9.17, 15) is 9.90 Å². The Kier molecular flexibility index (Phi) is 6.00. The van der Waals surface area contributed by atoms with Crippen molar-refractivity contribution in [3.8, 4) is 5.75 Å². The lowest BCUT2D eigenvalue weighted by atomic mass is 9.75. The molecule has 1 N–H and O–H groups in total. The van der Waals surface area contributed by atoms with E-state index in [4.69, 9.17) is 4.74 Å². The molecule has 5 heteroatoms. The number of aryl methyl sites for hydroxylation is 1. The molecule has 5 nitrogen and oxygen atoms in total. The van der Waals surface area contributed by atoms with E-state index in [0.717, 1.165) is 62.1 Å². The van der Waals surface area contributed by atoms with Gasteiger partial charge in [-0.2, -0.15) is 0 Å². The van der Waals surface area contributed by atoms with Gasteiger partial charge in [0.15, 0.2) is 0 Å². The zero-order valence-corrected chi connectivity index (χ0v) is 18.1. The molecule has 0 radical (unpaired) electrons. The van der Waals surface area contributed by atoms with Crippen LogP contribution in [-0.4, -0.2) is 56.3 Å². The highest BCUT2D eigenvalue weighted by molar-refractivity contribution is 5.95. The quantitative estimate of drug-likeness (QED) is 0.822. The topological polar surface area (TPSA) is 53.0 Å². The van der Waals surface area contributed by atoms with Gasteiger partial charge in [-0.05, 0) is 73.6 Å². The van der Waals surface area contributed by atoms with Gasteiger partial charge in [0.2, 0.25) is 0 Å². The summed E-state index contributed by atoms with van der Waals surface area (Å²) in [6.07, 6.45) is 4.71. The van der Waals surface area contributed by atoms with Crippen LogP contribution in [-0.2, 0) is 12.8 Å². The van der Waals surface area contributed by atoms with Crippen LogP contribution in [0.5, 0.6) is 5.75 Å². The smallest absolute Gasteiger partial charge is 0.253 e. The van der Waals surface area contributed by atoms with Crippen molar-refractivity contribution in [1.29, 1.82) is 0 Å². The largest absolute Gasteiger partial charge is 0.497 e. The summed E-state index contributed by atoms with van der Waals surface area (Å²) in [7, 11) is 3.77. The summed E-state index contributed by atoms with van der Waals surface area (Å²) in [6, 6.07) is 14.1. The number of methoxy groups -OCH3 is 1. The molecule has 0 spiro atoms. The highest BCUT2D eigenvalue weighted by Gasteiger charge is 2.37. The average molecular weight is 409 g/mol. The molecule has 0 aliphatic carbocycles. The minimum Gasteiger partial charge on any atom is -0.497 e. The van der Waals surface area contributed by atoms with E-state index in [1.807, 2.05) is 29.2 Å². The normalized spacial score (nSPS) is 21.3. The van der Waals surface area contributed by atoms with Crippen LogP contribution in [0.2, 0.25) is 0 Å². The summed E-state index contributed by atoms with van der Waals surface area (Å²) in [5.74, 6) is 0.901. The number of carbonyl (C=O) groups excluding carboxylic acids is 1. The molecule has 2 aliphatic rings. The van der Waals surface area contributed by atoms with Crippen molar-refractivity contribution >= 4 is 11.6 Å². The van der Waals surface area contributed by atoms with E-state index in [0.29, 0.717) is 6.54 Å². The van der Waals surface area contributed by atoms with Gasteiger partial charge in [0.25, 0.3) is 5.91 Å². The third kappa shape index (κ3) is 4.17. The molecule has 2 aromatic carbocycles. The van der Waals surface area contributed by atoms with Crippen LogP contribution in [0, 0.1) is 5.41 Å². The highest BCUT2D eigenvalue weighted by atomic mass is 16.5. The Labute approximate surface area is 179 Å². The fourth-order valence-electron chi connectivity index (χ4n) is 5.03. The van der Waals surface area contributed by atoms with Crippen LogP contribution >= 0.6 is 0 Å². The van der Waals surface area contributed by atoms with Crippen molar-refractivity contribution in [3.63, 3.8) is 0 Å². The molecule has 2 aromatic rings. The maximum atomic E-state index is 13.3. The van der Waals surface area contributed by atoms with Crippen LogP contribution in [0.4, 0.5) is 5.69 Å². The van der Waals surface area contributed by atoms with Gasteiger partial charge < -0.3 is 19.6 Å². The molecule has 2 heterocycles. The second-order valence-corrected chi connectivity index (χ2v) is 8.89. The Morgan fingerprint density at radius 3 is 2.83 bits per heavy atom. The Bertz CT molecular complexity index is 913. The average Bonchev–Trinajstić information content (AvgIpc) is 2.79. The molecule has 1 amide bonds. The van der Waals surface area contributed by atoms with Gasteiger partial charge in [0.05, 0.1) is 13.7 Å². The maximum Gasteiger partial charge on any atom is 0.253 e. The lowest BCUT2D eigenvalue weighted by Crippen LogP contribution is -2.49. The first-order valence-electron chi connectivity index (χ1n) is 10.9. The minimum atomic E-state index is -0.311. The predicted octanol–water partition coefficient (Wildman–Crippen LogP) is 3.54. The maximum absolute atomic E-state index is 13.3. The number of carbonyl (C=O) groups is 1. The van der Waals surface area contributed by atoms with Gasteiger partial charge in [0.1, 0.15) is 5.75 Å². The number of piperidine rings is 1. The Morgan fingerprint density at radius 1 is 1.17 bits per heavy atom. The SMILES string of the molecule is COc1cccc(C[C@]2(CO)CCCN(C(=O)c3ccc4c(c3)CCCN4C)C2)c1. The molecule has 0 aromatic heterocycles. The van der Waals surface area contributed by atoms with Gasteiger partial charge >= 0.3 is 0 Å². The van der Waals surface area contributed by atoms with E-state index in [2.05, 4.69) is 30.1 Å². The molecule has 0 unspecified atom stereocenters. The van der Waals surface area contributed by atoms with Gasteiger partial charge in [-0.1, -0.05) is 12.1 Å². The number of aliphatic hydroxyl groups excluding tert-OH is 1. The van der Waals surface area contributed by atoms with E-state index in [1.54, 1.807) is 7.11 Å². The number of aliphatic hydroxyl groups is 1. The van der Waals surface area contributed by atoms with Crippen molar-refractivity contribution in [1.82, 2.24) is 4.90 Å². The first kappa shape index (κ1) is 20.7. The second kappa shape index (κ2) is 8.68. The summed E-state index contributed by atoms with van der Waals surface area (Å²) < 4.78 is 5.35. The third-order valence-corrected chi connectivity index (χ3v) is 6.67. The van der Waals surface area contributed by atoms with E-state index in [-0.39, 0.29) is 17.9 Å². The number of fused-ring (bicyclic) bond motifs is 1. The summed E-state index contributed by atoms with van der Waals surface area (Å²) in [6.45, 7) is 2.46. The molecule has 30 heavy (non-hydrogen) atoms. The molecule has 4 rings (SSSR count). The fourth-order valence-corrected chi connectivity index (χ4v) is 5.03. The summed E-state index contributed by atoms with van der Waals surface area (Å²) >= 11 is 0. The van der Waals surface area contributed by atoms with Crippen molar-refractivity contribution in [3.05, 3.63) is 59.2 Å². The summed E-state index contributed by atoms with van der Waals surface area (Å²) in [5, 5.41) is 10.3. The molecule has 1 atom stereocenters. The lowest BCUT2D eigenvalue weighted by molar-refractivity contribution is 0.0271. The highest BCUT2D eigenvalue weighted by Crippen LogP contribution is 2.35. The molecule has 0 bridgehead atoms. The standard InChI is InChI=1S/C25H32N2O3/c1-26-12-4-7-20-15-21(9-10-23(20)26)24(29)27-13-5-11-25(17-27,18-28)16-19-6-3-8-22(14-19)30-2/h3,6,8-10,14-15,28H,4-5,7,11-13,16-18H2,1-2H3/t25-/m1/s1. The number of nitrogens with zero attached hydrogens (tertiary/aromatic N) is 2. The van der Waals surface area contributed by atoms with Gasteiger partial charge in [-0.3, -0.25) is 4.79 Å². The fraction of sp³-hybridized carbons (Fsp3) is 0.480. The number of hydrogen-bond donors (Lipinski definition) is 1. The van der Waals surface area contributed by atoms with E-state index >= 15 is 0 Å². The molecule has 0 saturated carbocycles. The Hall–Kier alpha value is -2.53. The van der Waals surface area contributed by atoms with Crippen molar-refractivity contribution in [2.45, 2.75) is 32.1 Å². The van der Waals surface area contributed by atoms with Crippen molar-refractivity contribution in [2.24, 2.45) is 5.41 Å². The Balaban J connectivity index is 1.52. The van der Waals surface area contributed by atoms with E-state index in [1.165, 1.54) is 11.3 Å². The zero-order valence-electron chi connectivity index (χ0n) is 18.1. The summed E-state index contributed by atoms with van der Waals surface area (Å²) in [5.41, 5.74) is 4.08. The number of likely N-dealkylation sites (tertiary alicyclic amines) is 1. The molecule has 1 fully saturated rings. The van der Waals surface area contributed by atoms with Crippen molar-refractivity contribution in [2.75, 3.05) is 45.3 Å². The number of hydrogen-bond acceptors (Lipinski definition) is 4. The molecule has 160 valence electrons. The first-order valence-corrected chi connectivity index (χ1v) is 10.9. The van der Waals surface area contributed by atoms with Gasteiger partial charge in [-0.15, -0.1) is 0 Å². The van der Waals surface area contributed by atoms with Crippen LogP contribution in [0.25, 0.3) is 0 Å². The number of rotatable bonds is 5. The number of anilines is 1. The molecule has 2 aliphatic heterocycles. The van der Waals surface area contributed by atoms with Crippen molar-refractivity contribution < 1.29 is 14.6 Å². The third-order valence-electron chi connectivity index (χ3n) is 6.67. The monoisotopic (exact) mass is 408 g/mol. The van der Waals surface area contributed by atoms with Crippen LogP contribution < -0.4 is 9.64 Å². The first-order chi connectivity index (χ1) is 14.5. The lowest BCUT2D eigenvalue weighted by Gasteiger charge is -2.42. The second-order valence-electron chi connectivity index (χ2n) is 8.89. The van der Waals surface area contributed by atoms with Crippen LogP contribution in [0.3, 0.4) is 0 Å². The molecular formula is C25H32N2O3. The van der Waals surface area contributed by atoms with Gasteiger partial charge in [0, 0.05) is 43.3 Å². The zero-order chi connectivity index (χ0) is 21.1. The summed E-state index contributed by atoms with van der Waals surface area (Å²) in [4.78, 5) is 17.5.